The van der Waals surface area contributed by atoms with Gasteiger partial charge in [0.15, 0.2) is 5.82 Å². The van der Waals surface area contributed by atoms with Gasteiger partial charge in [0, 0.05) is 7.11 Å². The van der Waals surface area contributed by atoms with Crippen LogP contribution in [0.4, 0.5) is 10.1 Å². The van der Waals surface area contributed by atoms with Gasteiger partial charge in [0.1, 0.15) is 4.60 Å². The smallest absolute Gasteiger partial charge is 0.235 e. The normalized spacial score (nSPS) is 11.4. The molecule has 0 aliphatic heterocycles. The second-order valence-corrected chi connectivity index (χ2v) is 5.55. The number of pyridine rings is 1. The lowest BCUT2D eigenvalue weighted by molar-refractivity contribution is 0.217. The Bertz CT molecular complexity index is 466. The SMILES string of the molecule is COCCS(=O)(=O)Nc1cc(Br)ncc1F. The van der Waals surface area contributed by atoms with E-state index >= 15 is 0 Å². The van der Waals surface area contributed by atoms with E-state index in [2.05, 4.69) is 30.4 Å². The summed E-state index contributed by atoms with van der Waals surface area (Å²) in [4.78, 5) is 3.61. The fraction of sp³-hybridized carbons (Fsp3) is 0.375. The van der Waals surface area contributed by atoms with Gasteiger partial charge < -0.3 is 4.74 Å². The van der Waals surface area contributed by atoms with Crippen LogP contribution in [0.1, 0.15) is 0 Å². The maximum atomic E-state index is 13.2. The number of sulfonamides is 1. The van der Waals surface area contributed by atoms with Gasteiger partial charge in [0.25, 0.3) is 0 Å². The molecule has 1 aromatic rings. The Morgan fingerprint density at radius 1 is 1.62 bits per heavy atom. The third-order valence-electron chi connectivity index (χ3n) is 1.64. The van der Waals surface area contributed by atoms with Crippen LogP contribution in [0.5, 0.6) is 0 Å². The fourth-order valence-electron chi connectivity index (χ4n) is 0.903. The molecule has 8 heteroatoms. The third kappa shape index (κ3) is 4.03. The first-order valence-corrected chi connectivity index (χ1v) is 6.69. The first kappa shape index (κ1) is 13.3. The van der Waals surface area contributed by atoms with Crippen molar-refractivity contribution >= 4 is 31.6 Å². The van der Waals surface area contributed by atoms with Crippen molar-refractivity contribution in [1.29, 1.82) is 0 Å². The second kappa shape index (κ2) is 5.55. The number of nitrogens with zero attached hydrogens (tertiary/aromatic N) is 1. The summed E-state index contributed by atoms with van der Waals surface area (Å²) in [6.45, 7) is 0.0448. The number of anilines is 1. The average molecular weight is 313 g/mol. The number of methoxy groups -OCH3 is 1. The lowest BCUT2D eigenvalue weighted by atomic mass is 10.4. The molecule has 0 spiro atoms. The van der Waals surface area contributed by atoms with Gasteiger partial charge in [-0.25, -0.2) is 17.8 Å². The van der Waals surface area contributed by atoms with Crippen LogP contribution in [-0.2, 0) is 14.8 Å². The highest BCUT2D eigenvalue weighted by Crippen LogP contribution is 2.18. The van der Waals surface area contributed by atoms with Crippen LogP contribution < -0.4 is 4.72 Å². The molecule has 1 heterocycles. The molecule has 0 saturated carbocycles. The van der Waals surface area contributed by atoms with E-state index in [0.29, 0.717) is 4.60 Å². The molecule has 1 aromatic heterocycles. The van der Waals surface area contributed by atoms with Gasteiger partial charge in [-0.1, -0.05) is 0 Å². The Hall–Kier alpha value is -0.730. The minimum absolute atomic E-state index is 0.0448. The third-order valence-corrected chi connectivity index (χ3v) is 3.31. The molecule has 5 nitrogen and oxygen atoms in total. The van der Waals surface area contributed by atoms with E-state index in [4.69, 9.17) is 0 Å². The Kier molecular flexibility index (Phi) is 4.63. The summed E-state index contributed by atoms with van der Waals surface area (Å²) in [6.07, 6.45) is 0.929. The number of aromatic nitrogens is 1. The number of hydrogen-bond donors (Lipinski definition) is 1. The lowest BCUT2D eigenvalue weighted by Crippen LogP contribution is -2.20. The highest BCUT2D eigenvalue weighted by Gasteiger charge is 2.13. The van der Waals surface area contributed by atoms with Crippen molar-refractivity contribution in [2.45, 2.75) is 0 Å². The second-order valence-electron chi connectivity index (χ2n) is 2.90. The van der Waals surface area contributed by atoms with Crippen LogP contribution in [0.2, 0.25) is 0 Å². The van der Waals surface area contributed by atoms with Crippen molar-refractivity contribution in [2.75, 3.05) is 24.2 Å². The number of ether oxygens (including phenoxy) is 1. The number of nitrogens with one attached hydrogen (secondary N) is 1. The molecule has 1 N–H and O–H groups in total. The van der Waals surface area contributed by atoms with Crippen LogP contribution in [-0.4, -0.2) is 32.9 Å². The Balaban J connectivity index is 2.83. The quantitative estimate of drug-likeness (QED) is 0.834. The van der Waals surface area contributed by atoms with E-state index in [0.717, 1.165) is 6.20 Å². The van der Waals surface area contributed by atoms with Crippen LogP contribution in [0.15, 0.2) is 16.9 Å². The van der Waals surface area contributed by atoms with Crippen molar-refractivity contribution in [2.24, 2.45) is 0 Å². The molecule has 1 rings (SSSR count). The van der Waals surface area contributed by atoms with Gasteiger partial charge >= 0.3 is 0 Å². The predicted octanol–water partition coefficient (Wildman–Crippen LogP) is 1.37. The first-order chi connectivity index (χ1) is 7.44. The zero-order valence-electron chi connectivity index (χ0n) is 8.41. The minimum Gasteiger partial charge on any atom is -0.384 e. The summed E-state index contributed by atoms with van der Waals surface area (Å²) in [6, 6.07) is 1.25. The Morgan fingerprint density at radius 3 is 2.94 bits per heavy atom. The summed E-state index contributed by atoms with van der Waals surface area (Å²) in [5.74, 6) is -0.965. The number of hydrogen-bond acceptors (Lipinski definition) is 4. The van der Waals surface area contributed by atoms with Crippen molar-refractivity contribution in [3.63, 3.8) is 0 Å². The molecule has 0 aliphatic carbocycles. The summed E-state index contributed by atoms with van der Waals surface area (Å²) < 4.78 is 43.1. The minimum atomic E-state index is -3.60. The van der Waals surface area contributed by atoms with Crippen LogP contribution in [0, 0.1) is 5.82 Å². The van der Waals surface area contributed by atoms with Crippen molar-refractivity contribution in [3.05, 3.63) is 22.7 Å². The largest absolute Gasteiger partial charge is 0.384 e. The van der Waals surface area contributed by atoms with Crippen LogP contribution in [0.25, 0.3) is 0 Å². The molecule has 0 radical (unpaired) electrons. The van der Waals surface area contributed by atoms with Crippen LogP contribution in [0.3, 0.4) is 0 Å². The van der Waals surface area contributed by atoms with Crippen molar-refractivity contribution in [3.8, 4) is 0 Å². The molecular formula is C8H10BrFN2O3S. The van der Waals surface area contributed by atoms with Gasteiger partial charge in [0.05, 0.1) is 24.2 Å². The van der Waals surface area contributed by atoms with Gasteiger partial charge in [-0.2, -0.15) is 0 Å². The molecular weight excluding hydrogens is 303 g/mol. The molecule has 0 unspecified atom stereocenters. The summed E-state index contributed by atoms with van der Waals surface area (Å²) in [5, 5.41) is 0. The van der Waals surface area contributed by atoms with Crippen LogP contribution >= 0.6 is 15.9 Å². The van der Waals surface area contributed by atoms with E-state index in [1.54, 1.807) is 0 Å². The monoisotopic (exact) mass is 312 g/mol. The van der Waals surface area contributed by atoms with Gasteiger partial charge in [-0.05, 0) is 22.0 Å². The number of halogens is 2. The average Bonchev–Trinajstić information content (AvgIpc) is 2.20. The summed E-state index contributed by atoms with van der Waals surface area (Å²) in [7, 11) is -2.21. The highest BCUT2D eigenvalue weighted by atomic mass is 79.9. The Labute approximate surface area is 101 Å². The van der Waals surface area contributed by atoms with Gasteiger partial charge in [-0.15, -0.1) is 0 Å². The van der Waals surface area contributed by atoms with E-state index in [1.807, 2.05) is 0 Å². The summed E-state index contributed by atoms with van der Waals surface area (Å²) >= 11 is 3.02. The van der Waals surface area contributed by atoms with E-state index in [-0.39, 0.29) is 18.0 Å². The summed E-state index contributed by atoms with van der Waals surface area (Å²) in [5.41, 5.74) is -0.141. The highest BCUT2D eigenvalue weighted by molar-refractivity contribution is 9.10. The molecule has 0 atom stereocenters. The molecule has 0 aromatic carbocycles. The standard InChI is InChI=1S/C8H10BrFN2O3S/c1-15-2-3-16(13,14)12-7-4-8(9)11-5-6(7)10/h4-5H,2-3H2,1H3,(H,11,12). The molecule has 0 aliphatic rings. The van der Waals surface area contributed by atoms with Gasteiger partial charge in [-0.3, -0.25) is 4.72 Å². The fourth-order valence-corrected chi connectivity index (χ4v) is 2.21. The maximum absolute atomic E-state index is 13.2. The van der Waals surface area contributed by atoms with E-state index in [1.165, 1.54) is 13.2 Å². The Morgan fingerprint density at radius 2 is 2.31 bits per heavy atom. The molecule has 0 bridgehead atoms. The predicted molar refractivity (Wildman–Crippen MR) is 61.2 cm³/mol. The number of rotatable bonds is 5. The first-order valence-electron chi connectivity index (χ1n) is 4.25. The zero-order chi connectivity index (χ0) is 12.2. The molecule has 16 heavy (non-hydrogen) atoms. The zero-order valence-corrected chi connectivity index (χ0v) is 10.8. The van der Waals surface area contributed by atoms with Crippen molar-refractivity contribution < 1.29 is 17.5 Å². The molecule has 0 saturated heterocycles. The molecule has 0 amide bonds. The molecule has 0 fully saturated rings. The van der Waals surface area contributed by atoms with E-state index < -0.39 is 15.8 Å². The maximum Gasteiger partial charge on any atom is 0.235 e. The lowest BCUT2D eigenvalue weighted by Gasteiger charge is -2.08. The topological polar surface area (TPSA) is 68.3 Å². The van der Waals surface area contributed by atoms with Crippen molar-refractivity contribution in [1.82, 2.24) is 4.98 Å². The molecule has 90 valence electrons. The van der Waals surface area contributed by atoms with E-state index in [9.17, 15) is 12.8 Å². The van der Waals surface area contributed by atoms with Gasteiger partial charge in [0.2, 0.25) is 10.0 Å².